The minimum atomic E-state index is -0.437. The Morgan fingerprint density at radius 2 is 0.625 bits per heavy atom. The van der Waals surface area contributed by atoms with Crippen molar-refractivity contribution in [1.29, 1.82) is 0 Å². The zero-order chi connectivity index (χ0) is 12.9. The Morgan fingerprint density at radius 1 is 0.500 bits per heavy atom. The number of aliphatic hydroxyl groups excluding tert-OH is 2. The summed E-state index contributed by atoms with van der Waals surface area (Å²) < 4.78 is 0. The molecule has 0 radical (unpaired) electrons. The summed E-state index contributed by atoms with van der Waals surface area (Å²) in [5.74, 6) is 0. The van der Waals surface area contributed by atoms with Gasteiger partial charge in [-0.05, 0) is 0 Å². The number of aliphatic hydroxyl groups is 2. The zero-order valence-corrected chi connectivity index (χ0v) is 12.6. The predicted octanol–water partition coefficient (Wildman–Crippen LogP) is 2.62. The van der Waals surface area contributed by atoms with Gasteiger partial charge in [-0.25, -0.2) is 0 Å². The van der Waals surface area contributed by atoms with Crippen LogP contribution in [0.4, 0.5) is 0 Å². The number of alkyl halides is 6. The molecule has 0 heterocycles. The van der Waals surface area contributed by atoms with Gasteiger partial charge in [0.25, 0.3) is 0 Å². The highest BCUT2D eigenvalue weighted by molar-refractivity contribution is 6.45. The normalized spacial score (nSPS) is 43.5. The van der Waals surface area contributed by atoms with E-state index in [2.05, 4.69) is 0 Å². The molecule has 1 aliphatic carbocycles. The van der Waals surface area contributed by atoms with E-state index >= 15 is 0 Å². The van der Waals surface area contributed by atoms with Crippen molar-refractivity contribution in [3.8, 4) is 0 Å². The molecule has 98 valence electrons. The van der Waals surface area contributed by atoms with Crippen LogP contribution in [0.25, 0.3) is 0 Å². The lowest BCUT2D eigenvalue weighted by atomic mass is 9.97. The molecule has 1 fully saturated rings. The van der Waals surface area contributed by atoms with Crippen molar-refractivity contribution < 1.29 is 10.2 Å². The zero-order valence-electron chi connectivity index (χ0n) is 8.04. The van der Waals surface area contributed by atoms with Gasteiger partial charge in [0.2, 0.25) is 0 Å². The molecule has 0 aliphatic heterocycles. The molecule has 2 N–H and O–H groups in total. The first-order chi connectivity index (χ1) is 7.38. The summed E-state index contributed by atoms with van der Waals surface area (Å²) in [5.41, 5.74) is 0. The van der Waals surface area contributed by atoms with E-state index in [9.17, 15) is 0 Å². The van der Waals surface area contributed by atoms with Crippen molar-refractivity contribution in [1.82, 2.24) is 0 Å². The third kappa shape index (κ3) is 4.74. The van der Waals surface area contributed by atoms with Crippen molar-refractivity contribution in [3.05, 3.63) is 0 Å². The molecule has 2 nitrogen and oxygen atoms in total. The van der Waals surface area contributed by atoms with Crippen LogP contribution in [0, 0.1) is 0 Å². The number of hydrogen-bond donors (Lipinski definition) is 2. The largest absolute Gasteiger partial charge is 0.394 e. The predicted molar refractivity (Wildman–Crippen MR) is 72.0 cm³/mol. The van der Waals surface area contributed by atoms with E-state index in [-0.39, 0.29) is 13.2 Å². The summed E-state index contributed by atoms with van der Waals surface area (Å²) in [6.45, 7) is -0.250. The smallest absolute Gasteiger partial charge is 0.0693 e. The Kier molecular flexibility index (Phi) is 9.61. The van der Waals surface area contributed by atoms with Crippen LogP contribution in [0.2, 0.25) is 0 Å². The minimum absolute atomic E-state index is 0.125. The van der Waals surface area contributed by atoms with Gasteiger partial charge in [0.05, 0.1) is 45.5 Å². The van der Waals surface area contributed by atoms with Crippen LogP contribution < -0.4 is 0 Å². The van der Waals surface area contributed by atoms with Crippen LogP contribution in [0.1, 0.15) is 0 Å². The van der Waals surface area contributed by atoms with Gasteiger partial charge in [0.1, 0.15) is 0 Å². The first-order valence-corrected chi connectivity index (χ1v) is 7.06. The molecular formula is C8H12Cl6O2. The van der Waals surface area contributed by atoms with Gasteiger partial charge in [-0.15, -0.1) is 69.6 Å². The van der Waals surface area contributed by atoms with Crippen LogP contribution in [0.5, 0.6) is 0 Å². The van der Waals surface area contributed by atoms with Crippen LogP contribution >= 0.6 is 69.6 Å². The van der Waals surface area contributed by atoms with Crippen molar-refractivity contribution in [2.45, 2.75) is 32.3 Å². The topological polar surface area (TPSA) is 40.5 Å². The third-order valence-electron chi connectivity index (χ3n) is 1.93. The standard InChI is InChI=1S/C6H6Cl6.C2H6O2/c7-1-2(8)4(10)6(12)5(11)3(1)9;3-1-2-4/h1-6H;3-4H,1-2H2. The lowest BCUT2D eigenvalue weighted by molar-refractivity contribution is 0.186. The van der Waals surface area contributed by atoms with E-state index in [0.29, 0.717) is 0 Å². The Morgan fingerprint density at radius 3 is 0.688 bits per heavy atom. The molecule has 1 aliphatic rings. The van der Waals surface area contributed by atoms with E-state index < -0.39 is 32.3 Å². The average molecular weight is 353 g/mol. The fraction of sp³-hybridized carbons (Fsp3) is 1.00. The molecule has 1 rings (SSSR count). The van der Waals surface area contributed by atoms with Crippen molar-refractivity contribution in [3.63, 3.8) is 0 Å². The van der Waals surface area contributed by atoms with E-state index in [4.69, 9.17) is 79.8 Å². The van der Waals surface area contributed by atoms with Gasteiger partial charge in [-0.1, -0.05) is 0 Å². The van der Waals surface area contributed by atoms with E-state index in [0.717, 1.165) is 0 Å². The molecule has 0 amide bonds. The summed E-state index contributed by atoms with van der Waals surface area (Å²) >= 11 is 35.3. The number of halogens is 6. The first kappa shape index (κ1) is 17.7. The molecular weight excluding hydrogens is 341 g/mol. The maximum Gasteiger partial charge on any atom is 0.0693 e. The summed E-state index contributed by atoms with van der Waals surface area (Å²) in [4.78, 5) is 0. The summed E-state index contributed by atoms with van der Waals surface area (Å²) in [6, 6.07) is 0. The maximum absolute atomic E-state index is 7.62. The molecule has 0 spiro atoms. The number of rotatable bonds is 1. The van der Waals surface area contributed by atoms with Crippen molar-refractivity contribution in [2.24, 2.45) is 0 Å². The first-order valence-electron chi connectivity index (χ1n) is 4.44. The second-order valence-corrected chi connectivity index (χ2v) is 6.14. The third-order valence-corrected chi connectivity index (χ3v) is 5.96. The van der Waals surface area contributed by atoms with Gasteiger partial charge >= 0.3 is 0 Å². The fourth-order valence-electron chi connectivity index (χ4n) is 1.05. The summed E-state index contributed by atoms with van der Waals surface area (Å²) in [7, 11) is 0. The lowest BCUT2D eigenvalue weighted by Crippen LogP contribution is -2.52. The van der Waals surface area contributed by atoms with Gasteiger partial charge in [-0.3, -0.25) is 0 Å². The lowest BCUT2D eigenvalue weighted by Gasteiger charge is -2.37. The monoisotopic (exact) mass is 350 g/mol. The number of hydrogen-bond acceptors (Lipinski definition) is 2. The SMILES string of the molecule is ClC1C(Cl)C(Cl)C(Cl)C(Cl)C1Cl.OCCO. The molecule has 0 atom stereocenters. The van der Waals surface area contributed by atoms with Gasteiger partial charge in [0, 0.05) is 0 Å². The molecule has 0 saturated heterocycles. The van der Waals surface area contributed by atoms with Gasteiger partial charge in [0.15, 0.2) is 0 Å². The van der Waals surface area contributed by atoms with Crippen LogP contribution in [0.15, 0.2) is 0 Å². The molecule has 0 aromatic heterocycles. The van der Waals surface area contributed by atoms with E-state index in [1.54, 1.807) is 0 Å². The Hall–Kier alpha value is 1.66. The van der Waals surface area contributed by atoms with Crippen LogP contribution in [0.3, 0.4) is 0 Å². The minimum Gasteiger partial charge on any atom is -0.394 e. The molecule has 0 aromatic rings. The summed E-state index contributed by atoms with van der Waals surface area (Å²) in [5, 5.41) is 12.6. The molecule has 8 heteroatoms. The highest BCUT2D eigenvalue weighted by Gasteiger charge is 2.46. The van der Waals surface area contributed by atoms with Gasteiger partial charge in [-0.2, -0.15) is 0 Å². The van der Waals surface area contributed by atoms with Crippen LogP contribution in [-0.4, -0.2) is 55.7 Å². The molecule has 0 unspecified atom stereocenters. The fourth-order valence-corrected chi connectivity index (χ4v) is 3.38. The molecule has 16 heavy (non-hydrogen) atoms. The maximum atomic E-state index is 7.62. The van der Waals surface area contributed by atoms with E-state index in [1.165, 1.54) is 0 Å². The molecule has 1 saturated carbocycles. The average Bonchev–Trinajstić information content (AvgIpc) is 2.31. The van der Waals surface area contributed by atoms with Crippen molar-refractivity contribution in [2.75, 3.05) is 13.2 Å². The molecule has 0 bridgehead atoms. The highest BCUT2D eigenvalue weighted by Crippen LogP contribution is 2.39. The van der Waals surface area contributed by atoms with Crippen LogP contribution in [-0.2, 0) is 0 Å². The Bertz CT molecular complexity index is 135. The highest BCUT2D eigenvalue weighted by atomic mass is 35.5. The van der Waals surface area contributed by atoms with Crippen molar-refractivity contribution >= 4 is 69.6 Å². The Labute approximate surface area is 125 Å². The van der Waals surface area contributed by atoms with E-state index in [1.807, 2.05) is 0 Å². The Balaban J connectivity index is 0.000000487. The second-order valence-electron chi connectivity index (χ2n) is 3.11. The second kappa shape index (κ2) is 8.71. The quantitative estimate of drug-likeness (QED) is 0.712. The van der Waals surface area contributed by atoms with Gasteiger partial charge < -0.3 is 10.2 Å². The molecule has 0 aromatic carbocycles. The summed E-state index contributed by atoms with van der Waals surface area (Å²) in [6.07, 6.45) is 0.